The summed E-state index contributed by atoms with van der Waals surface area (Å²) in [4.78, 5) is 25.9. The van der Waals surface area contributed by atoms with Gasteiger partial charge in [-0.1, -0.05) is 43.3 Å². The van der Waals surface area contributed by atoms with Gasteiger partial charge in [0.25, 0.3) is 5.91 Å². The molecule has 1 aliphatic heterocycles. The van der Waals surface area contributed by atoms with Crippen LogP contribution in [0.1, 0.15) is 37.0 Å². The number of carbonyl (C=O) groups is 2. The largest absolute Gasteiger partial charge is 0.490 e. The predicted octanol–water partition coefficient (Wildman–Crippen LogP) is 4.70. The maximum Gasteiger partial charge on any atom is 0.329 e. The highest BCUT2D eigenvalue weighted by Gasteiger charge is 2.32. The van der Waals surface area contributed by atoms with Crippen LogP contribution < -0.4 is 14.8 Å². The molecule has 0 bridgehead atoms. The summed E-state index contributed by atoms with van der Waals surface area (Å²) < 4.78 is 12.0. The van der Waals surface area contributed by atoms with Gasteiger partial charge in [0, 0.05) is 12.1 Å². The summed E-state index contributed by atoms with van der Waals surface area (Å²) in [5, 5.41) is 2.66. The lowest BCUT2D eigenvalue weighted by Gasteiger charge is -2.17. The number of benzene rings is 2. The monoisotopic (exact) mass is 420 g/mol. The van der Waals surface area contributed by atoms with Crippen molar-refractivity contribution in [2.75, 3.05) is 13.2 Å². The van der Waals surface area contributed by atoms with Crippen molar-refractivity contribution in [2.45, 2.75) is 33.3 Å². The van der Waals surface area contributed by atoms with Gasteiger partial charge in [0.05, 0.1) is 6.61 Å². The fourth-order valence-corrected chi connectivity index (χ4v) is 3.40. The normalized spacial score (nSPS) is 14.6. The smallest absolute Gasteiger partial charge is 0.329 e. The van der Waals surface area contributed by atoms with Crippen molar-refractivity contribution < 1.29 is 19.1 Å². The van der Waals surface area contributed by atoms with E-state index >= 15 is 0 Å². The molecule has 1 fully saturated rings. The molecule has 0 spiro atoms. The van der Waals surface area contributed by atoms with Crippen LogP contribution in [0, 0.1) is 0 Å². The van der Waals surface area contributed by atoms with Gasteiger partial charge in [-0.3, -0.25) is 9.69 Å². The first-order valence-corrected chi connectivity index (χ1v) is 10.5. The maximum atomic E-state index is 12.6. The number of urea groups is 1. The number of nitrogens with one attached hydrogen (secondary N) is 1. The molecule has 2 aromatic carbocycles. The highest BCUT2D eigenvalue weighted by Crippen LogP contribution is 2.35. The number of allylic oxidation sites excluding steroid dienone is 1. The lowest BCUT2D eigenvalue weighted by Crippen LogP contribution is -2.31. The molecule has 1 N–H and O–H groups in total. The summed E-state index contributed by atoms with van der Waals surface area (Å²) in [6, 6.07) is 13.3. The molecular formula is C25H28N2O4. The minimum Gasteiger partial charge on any atom is -0.490 e. The predicted molar refractivity (Wildman–Crippen MR) is 121 cm³/mol. The SMILES string of the molecule is C=CCc1cc(/C=C2/NC(=O)N(CCC)C2=O)cc(OCC)c1OCc1ccccc1. The molecule has 0 atom stereocenters. The van der Waals surface area contributed by atoms with E-state index < -0.39 is 6.03 Å². The quantitative estimate of drug-likeness (QED) is 0.344. The van der Waals surface area contributed by atoms with E-state index in [1.54, 1.807) is 12.2 Å². The van der Waals surface area contributed by atoms with E-state index in [1.165, 1.54) is 4.90 Å². The van der Waals surface area contributed by atoms with E-state index in [-0.39, 0.29) is 11.6 Å². The van der Waals surface area contributed by atoms with Crippen molar-refractivity contribution in [2.24, 2.45) is 0 Å². The van der Waals surface area contributed by atoms with Crippen LogP contribution in [0.4, 0.5) is 4.79 Å². The molecule has 3 amide bonds. The van der Waals surface area contributed by atoms with Crippen LogP contribution in [0.25, 0.3) is 6.08 Å². The van der Waals surface area contributed by atoms with E-state index in [4.69, 9.17) is 9.47 Å². The Bertz CT molecular complexity index is 983. The number of carbonyl (C=O) groups excluding carboxylic acids is 2. The zero-order valence-corrected chi connectivity index (χ0v) is 18.0. The Kier molecular flexibility index (Phi) is 7.49. The van der Waals surface area contributed by atoms with Gasteiger partial charge in [-0.2, -0.15) is 0 Å². The molecule has 0 aromatic heterocycles. The highest BCUT2D eigenvalue weighted by atomic mass is 16.5. The van der Waals surface area contributed by atoms with Crippen molar-refractivity contribution in [3.63, 3.8) is 0 Å². The van der Waals surface area contributed by atoms with Crippen molar-refractivity contribution in [3.8, 4) is 11.5 Å². The van der Waals surface area contributed by atoms with Gasteiger partial charge in [0.2, 0.25) is 0 Å². The van der Waals surface area contributed by atoms with Gasteiger partial charge in [-0.05, 0) is 49.1 Å². The average molecular weight is 421 g/mol. The number of imide groups is 1. The summed E-state index contributed by atoms with van der Waals surface area (Å²) in [5.74, 6) is 0.924. The molecule has 0 radical (unpaired) electrons. The van der Waals surface area contributed by atoms with Gasteiger partial charge in [-0.25, -0.2) is 4.79 Å². The molecule has 6 nitrogen and oxygen atoms in total. The van der Waals surface area contributed by atoms with Gasteiger partial charge in [-0.15, -0.1) is 6.58 Å². The van der Waals surface area contributed by atoms with Gasteiger partial charge in [0.15, 0.2) is 11.5 Å². The van der Waals surface area contributed by atoms with Gasteiger partial charge in [0.1, 0.15) is 12.3 Å². The second-order valence-electron chi connectivity index (χ2n) is 7.15. The Morgan fingerprint density at radius 1 is 1.10 bits per heavy atom. The van der Waals surface area contributed by atoms with E-state index in [0.29, 0.717) is 44.1 Å². The Morgan fingerprint density at radius 2 is 1.87 bits per heavy atom. The molecule has 1 saturated heterocycles. The summed E-state index contributed by atoms with van der Waals surface area (Å²) in [5.41, 5.74) is 2.94. The molecule has 2 aromatic rings. The molecule has 162 valence electrons. The van der Waals surface area contributed by atoms with E-state index in [1.807, 2.05) is 56.3 Å². The maximum absolute atomic E-state index is 12.6. The van der Waals surface area contributed by atoms with Crippen molar-refractivity contribution in [3.05, 3.63) is 77.5 Å². The second kappa shape index (κ2) is 10.5. The molecule has 31 heavy (non-hydrogen) atoms. The van der Waals surface area contributed by atoms with E-state index in [9.17, 15) is 9.59 Å². The summed E-state index contributed by atoms with van der Waals surface area (Å²) in [6.07, 6.45) is 4.75. The number of nitrogens with zero attached hydrogens (tertiary/aromatic N) is 1. The highest BCUT2D eigenvalue weighted by molar-refractivity contribution is 6.14. The number of ether oxygens (including phenoxy) is 2. The fourth-order valence-electron chi connectivity index (χ4n) is 3.40. The minimum atomic E-state index is -0.391. The average Bonchev–Trinajstić information content (AvgIpc) is 3.02. The van der Waals surface area contributed by atoms with E-state index in [2.05, 4.69) is 11.9 Å². The summed E-state index contributed by atoms with van der Waals surface area (Å²) >= 11 is 0. The van der Waals surface area contributed by atoms with Crippen LogP contribution in [-0.4, -0.2) is 30.0 Å². The van der Waals surface area contributed by atoms with Gasteiger partial charge >= 0.3 is 6.03 Å². The second-order valence-corrected chi connectivity index (χ2v) is 7.15. The molecule has 0 unspecified atom stereocenters. The summed E-state index contributed by atoms with van der Waals surface area (Å²) in [7, 11) is 0. The first kappa shape index (κ1) is 22.2. The first-order chi connectivity index (χ1) is 15.1. The van der Waals surface area contributed by atoms with Crippen molar-refractivity contribution in [1.82, 2.24) is 10.2 Å². The lowest BCUT2D eigenvalue weighted by molar-refractivity contribution is -0.122. The number of amides is 3. The number of hydrogen-bond acceptors (Lipinski definition) is 4. The topological polar surface area (TPSA) is 67.9 Å². The number of rotatable bonds is 10. The minimum absolute atomic E-state index is 0.253. The first-order valence-electron chi connectivity index (χ1n) is 10.5. The lowest BCUT2D eigenvalue weighted by atomic mass is 10.0. The fraction of sp³-hybridized carbons (Fsp3) is 0.280. The summed E-state index contributed by atoms with van der Waals surface area (Å²) in [6.45, 7) is 8.94. The molecule has 3 rings (SSSR count). The zero-order chi connectivity index (χ0) is 22.2. The number of hydrogen-bond donors (Lipinski definition) is 1. The van der Waals surface area contributed by atoms with Crippen molar-refractivity contribution in [1.29, 1.82) is 0 Å². The van der Waals surface area contributed by atoms with Crippen LogP contribution in [-0.2, 0) is 17.8 Å². The van der Waals surface area contributed by atoms with Gasteiger partial charge < -0.3 is 14.8 Å². The molecule has 0 aliphatic carbocycles. The van der Waals surface area contributed by atoms with Crippen LogP contribution >= 0.6 is 0 Å². The van der Waals surface area contributed by atoms with Crippen LogP contribution in [0.3, 0.4) is 0 Å². The Balaban J connectivity index is 1.94. The van der Waals surface area contributed by atoms with Crippen LogP contribution in [0.2, 0.25) is 0 Å². The Hall–Kier alpha value is -3.54. The molecule has 1 aliphatic rings. The standard InChI is InChI=1S/C25H28N2O4/c1-4-10-20-14-19(15-21-24(28)27(13-5-2)25(29)26-21)16-22(30-6-3)23(20)31-17-18-11-8-7-9-12-18/h4,7-9,11-12,14-16H,1,5-6,10,13,17H2,2-3H3,(H,26,29)/b21-15+. The molecular weight excluding hydrogens is 392 g/mol. The third kappa shape index (κ3) is 5.34. The zero-order valence-electron chi connectivity index (χ0n) is 18.0. The van der Waals surface area contributed by atoms with Crippen LogP contribution in [0.5, 0.6) is 11.5 Å². The third-order valence-electron chi connectivity index (χ3n) is 4.76. The molecule has 6 heteroatoms. The van der Waals surface area contributed by atoms with E-state index in [0.717, 1.165) is 16.7 Å². The van der Waals surface area contributed by atoms with Crippen LogP contribution in [0.15, 0.2) is 60.8 Å². The Morgan fingerprint density at radius 3 is 2.55 bits per heavy atom. The molecule has 0 saturated carbocycles. The Labute approximate surface area is 183 Å². The third-order valence-corrected chi connectivity index (χ3v) is 4.76. The van der Waals surface area contributed by atoms with Crippen molar-refractivity contribution >= 4 is 18.0 Å². The molecule has 1 heterocycles.